The second-order valence-electron chi connectivity index (χ2n) is 3.05. The van der Waals surface area contributed by atoms with Crippen molar-refractivity contribution >= 4 is 0 Å². The van der Waals surface area contributed by atoms with E-state index >= 15 is 0 Å². The van der Waals surface area contributed by atoms with Gasteiger partial charge in [-0.3, -0.25) is 0 Å². The monoisotopic (exact) mass is 156 g/mol. The lowest BCUT2D eigenvalue weighted by Gasteiger charge is -2.27. The molecule has 1 saturated heterocycles. The highest BCUT2D eigenvalue weighted by molar-refractivity contribution is 4.91. The average molecular weight is 156 g/mol. The Kier molecular flexibility index (Phi) is 3.87. The second-order valence-corrected chi connectivity index (χ2v) is 3.05. The van der Waals surface area contributed by atoms with Gasteiger partial charge in [-0.1, -0.05) is 20.3 Å². The lowest BCUT2D eigenvalue weighted by Crippen LogP contribution is -2.52. The van der Waals surface area contributed by atoms with Crippen LogP contribution < -0.4 is 10.6 Å². The van der Waals surface area contributed by atoms with Crippen LogP contribution in [-0.2, 0) is 0 Å². The van der Waals surface area contributed by atoms with E-state index in [2.05, 4.69) is 10.6 Å². The van der Waals surface area contributed by atoms with Gasteiger partial charge in [-0.25, -0.2) is 0 Å². The van der Waals surface area contributed by atoms with Crippen LogP contribution in [-0.4, -0.2) is 25.2 Å². The molecule has 2 nitrogen and oxygen atoms in total. The van der Waals surface area contributed by atoms with Crippen LogP contribution in [0.1, 0.15) is 33.1 Å². The highest BCUT2D eigenvalue weighted by Gasteiger charge is 2.28. The third-order valence-electron chi connectivity index (χ3n) is 2.45. The lowest BCUT2D eigenvalue weighted by molar-refractivity contribution is 0.358. The maximum Gasteiger partial charge on any atom is 0.0221 e. The number of piperazine rings is 1. The van der Waals surface area contributed by atoms with Gasteiger partial charge in [0.15, 0.2) is 0 Å². The summed E-state index contributed by atoms with van der Waals surface area (Å²) in [6.07, 6.45) is 4.19. The number of rotatable bonds is 0. The highest BCUT2D eigenvalue weighted by Crippen LogP contribution is 2.19. The number of fused-ring (bicyclic) bond motifs is 1. The minimum atomic E-state index is 0.804. The van der Waals surface area contributed by atoms with E-state index in [1.807, 2.05) is 13.8 Å². The topological polar surface area (TPSA) is 24.1 Å². The van der Waals surface area contributed by atoms with Crippen LogP contribution >= 0.6 is 0 Å². The van der Waals surface area contributed by atoms with Gasteiger partial charge in [0.2, 0.25) is 0 Å². The first-order valence-corrected chi connectivity index (χ1v) is 4.93. The molecule has 0 amide bonds. The highest BCUT2D eigenvalue weighted by atomic mass is 15.1. The molecule has 1 aliphatic heterocycles. The van der Waals surface area contributed by atoms with Crippen molar-refractivity contribution in [2.24, 2.45) is 0 Å². The van der Waals surface area contributed by atoms with Crippen LogP contribution in [0.3, 0.4) is 0 Å². The fraction of sp³-hybridized carbons (Fsp3) is 1.00. The molecule has 2 atom stereocenters. The van der Waals surface area contributed by atoms with Gasteiger partial charge in [0, 0.05) is 25.2 Å². The Balaban J connectivity index is 0.000000281. The van der Waals surface area contributed by atoms with Gasteiger partial charge in [-0.15, -0.1) is 0 Å². The molecule has 66 valence electrons. The van der Waals surface area contributed by atoms with Gasteiger partial charge < -0.3 is 10.6 Å². The summed E-state index contributed by atoms with van der Waals surface area (Å²) in [6.45, 7) is 6.34. The molecule has 0 radical (unpaired) electrons. The molecule has 2 N–H and O–H groups in total. The maximum atomic E-state index is 3.52. The fourth-order valence-corrected chi connectivity index (χ4v) is 1.96. The lowest BCUT2D eigenvalue weighted by atomic mass is 10.1. The first kappa shape index (κ1) is 9.01. The number of hydrogen-bond acceptors (Lipinski definition) is 2. The SMILES string of the molecule is C1CC2NCCNC2C1.CC. The summed E-state index contributed by atoms with van der Waals surface area (Å²) < 4.78 is 0. The van der Waals surface area contributed by atoms with Gasteiger partial charge in [-0.2, -0.15) is 0 Å². The summed E-state index contributed by atoms with van der Waals surface area (Å²) in [7, 11) is 0. The minimum Gasteiger partial charge on any atom is -0.311 e. The van der Waals surface area contributed by atoms with Crippen molar-refractivity contribution in [2.45, 2.75) is 45.2 Å². The summed E-state index contributed by atoms with van der Waals surface area (Å²) in [6, 6.07) is 1.61. The zero-order valence-electron chi connectivity index (χ0n) is 7.69. The second kappa shape index (κ2) is 4.73. The van der Waals surface area contributed by atoms with Gasteiger partial charge >= 0.3 is 0 Å². The summed E-state index contributed by atoms with van der Waals surface area (Å²) in [5, 5.41) is 7.04. The van der Waals surface area contributed by atoms with E-state index in [9.17, 15) is 0 Å². The molecule has 1 aliphatic carbocycles. The van der Waals surface area contributed by atoms with E-state index in [0.29, 0.717) is 0 Å². The van der Waals surface area contributed by atoms with E-state index in [4.69, 9.17) is 0 Å². The number of hydrogen-bond donors (Lipinski definition) is 2. The van der Waals surface area contributed by atoms with E-state index < -0.39 is 0 Å². The predicted molar refractivity (Wildman–Crippen MR) is 48.8 cm³/mol. The molecular formula is C9H20N2. The quantitative estimate of drug-likeness (QED) is 0.549. The molecule has 2 unspecified atom stereocenters. The summed E-state index contributed by atoms with van der Waals surface area (Å²) in [5.74, 6) is 0. The van der Waals surface area contributed by atoms with Crippen LogP contribution in [0.4, 0.5) is 0 Å². The van der Waals surface area contributed by atoms with Crippen LogP contribution in [0, 0.1) is 0 Å². The summed E-state index contributed by atoms with van der Waals surface area (Å²) in [5.41, 5.74) is 0. The van der Waals surface area contributed by atoms with Crippen molar-refractivity contribution in [3.63, 3.8) is 0 Å². The largest absolute Gasteiger partial charge is 0.311 e. The molecule has 1 heterocycles. The van der Waals surface area contributed by atoms with Gasteiger partial charge in [-0.05, 0) is 12.8 Å². The Morgan fingerprint density at radius 1 is 0.909 bits per heavy atom. The minimum absolute atomic E-state index is 0.804. The molecule has 11 heavy (non-hydrogen) atoms. The Labute approximate surface area is 69.8 Å². The van der Waals surface area contributed by atoms with Gasteiger partial charge in [0.1, 0.15) is 0 Å². The molecule has 0 bridgehead atoms. The average Bonchev–Trinajstić information content (AvgIpc) is 2.55. The van der Waals surface area contributed by atoms with Crippen LogP contribution in [0.25, 0.3) is 0 Å². The van der Waals surface area contributed by atoms with Crippen molar-refractivity contribution < 1.29 is 0 Å². The van der Waals surface area contributed by atoms with E-state index in [0.717, 1.165) is 12.1 Å². The Morgan fingerprint density at radius 3 is 1.82 bits per heavy atom. The normalized spacial score (nSPS) is 35.5. The molecule has 0 spiro atoms. The molecule has 2 rings (SSSR count). The third kappa shape index (κ3) is 2.17. The van der Waals surface area contributed by atoms with Crippen LogP contribution in [0.15, 0.2) is 0 Å². The molecule has 0 aromatic carbocycles. The predicted octanol–water partition coefficient (Wildman–Crippen LogP) is 1.13. The molecule has 1 saturated carbocycles. The molecule has 2 heteroatoms. The van der Waals surface area contributed by atoms with Gasteiger partial charge in [0.25, 0.3) is 0 Å². The Hall–Kier alpha value is -0.0800. The van der Waals surface area contributed by atoms with E-state index in [1.54, 1.807) is 0 Å². The van der Waals surface area contributed by atoms with Crippen molar-refractivity contribution in [1.29, 1.82) is 0 Å². The molecule has 0 aromatic heterocycles. The maximum absolute atomic E-state index is 3.52. The summed E-state index contributed by atoms with van der Waals surface area (Å²) >= 11 is 0. The van der Waals surface area contributed by atoms with Crippen LogP contribution in [0.2, 0.25) is 0 Å². The standard InChI is InChI=1S/C7H14N2.C2H6/c1-2-6-7(3-1)9-5-4-8-6;1-2/h6-9H,1-5H2;1-2H3. The smallest absolute Gasteiger partial charge is 0.0221 e. The molecule has 2 fully saturated rings. The van der Waals surface area contributed by atoms with Crippen molar-refractivity contribution in [2.75, 3.05) is 13.1 Å². The van der Waals surface area contributed by atoms with Crippen molar-refractivity contribution in [3.05, 3.63) is 0 Å². The fourth-order valence-electron chi connectivity index (χ4n) is 1.96. The first-order chi connectivity index (χ1) is 5.47. The van der Waals surface area contributed by atoms with E-state index in [1.165, 1.54) is 32.4 Å². The van der Waals surface area contributed by atoms with Gasteiger partial charge in [0.05, 0.1) is 0 Å². The summed E-state index contributed by atoms with van der Waals surface area (Å²) in [4.78, 5) is 0. The molecule has 2 aliphatic rings. The zero-order chi connectivity index (χ0) is 8.10. The number of nitrogens with one attached hydrogen (secondary N) is 2. The zero-order valence-corrected chi connectivity index (χ0v) is 7.69. The first-order valence-electron chi connectivity index (χ1n) is 4.93. The molecular weight excluding hydrogens is 136 g/mol. The molecule has 0 aromatic rings. The van der Waals surface area contributed by atoms with E-state index in [-0.39, 0.29) is 0 Å². The third-order valence-corrected chi connectivity index (χ3v) is 2.45. The van der Waals surface area contributed by atoms with Crippen LogP contribution in [0.5, 0.6) is 0 Å². The Bertz CT molecular complexity index is 91.7. The van der Waals surface area contributed by atoms with Crippen molar-refractivity contribution in [3.8, 4) is 0 Å². The van der Waals surface area contributed by atoms with Crippen molar-refractivity contribution in [1.82, 2.24) is 10.6 Å². The Morgan fingerprint density at radius 2 is 1.36 bits per heavy atom.